The second-order valence-electron chi connectivity index (χ2n) is 3.66. The quantitative estimate of drug-likeness (QED) is 0.645. The normalized spacial score (nSPS) is 10.4. The topological polar surface area (TPSA) is 78.8 Å². The molecule has 0 saturated heterocycles. The van der Waals surface area contributed by atoms with Crippen LogP contribution in [0.15, 0.2) is 24.3 Å². The molecule has 1 amide bonds. The molecule has 0 unspecified atom stereocenters. The molecule has 1 aromatic carbocycles. The predicted molar refractivity (Wildman–Crippen MR) is 62.6 cm³/mol. The summed E-state index contributed by atoms with van der Waals surface area (Å²) in [7, 11) is 0. The highest BCUT2D eigenvalue weighted by Gasteiger charge is 2.10. The summed E-state index contributed by atoms with van der Waals surface area (Å²) in [4.78, 5) is 11.3. The second kappa shape index (κ2) is 7.62. The van der Waals surface area contributed by atoms with E-state index in [0.29, 0.717) is 0 Å². The van der Waals surface area contributed by atoms with Crippen molar-refractivity contribution in [3.05, 3.63) is 30.1 Å². The van der Waals surface area contributed by atoms with Gasteiger partial charge in [-0.25, -0.2) is 4.39 Å². The van der Waals surface area contributed by atoms with E-state index >= 15 is 0 Å². The third kappa shape index (κ3) is 4.68. The molecular weight excluding hydrogens is 241 g/mol. The Morgan fingerprint density at radius 3 is 2.61 bits per heavy atom. The first-order valence-electron chi connectivity index (χ1n) is 5.55. The van der Waals surface area contributed by atoms with Gasteiger partial charge in [0.15, 0.2) is 11.6 Å². The highest BCUT2D eigenvalue weighted by Crippen LogP contribution is 2.15. The number of rotatable bonds is 7. The van der Waals surface area contributed by atoms with E-state index in [-0.39, 0.29) is 37.9 Å². The number of aliphatic hydroxyl groups excluding tert-OH is 2. The Balaban J connectivity index is 2.29. The van der Waals surface area contributed by atoms with Crippen molar-refractivity contribution >= 4 is 5.91 Å². The summed E-state index contributed by atoms with van der Waals surface area (Å²) in [5.74, 6) is -0.771. The van der Waals surface area contributed by atoms with Crippen molar-refractivity contribution in [2.45, 2.75) is 12.5 Å². The Morgan fingerprint density at radius 2 is 2.00 bits per heavy atom. The molecule has 5 nitrogen and oxygen atoms in total. The summed E-state index contributed by atoms with van der Waals surface area (Å²) in [5.41, 5.74) is 0. The van der Waals surface area contributed by atoms with Gasteiger partial charge < -0.3 is 20.3 Å². The number of benzene rings is 1. The Bertz CT molecular complexity index is 382. The highest BCUT2D eigenvalue weighted by molar-refractivity contribution is 5.76. The first-order valence-corrected chi connectivity index (χ1v) is 5.55. The molecule has 0 spiro atoms. The molecule has 0 aliphatic rings. The number of ether oxygens (including phenoxy) is 1. The highest BCUT2D eigenvalue weighted by atomic mass is 19.1. The predicted octanol–water partition coefficient (Wildman–Crippen LogP) is 0.0640. The van der Waals surface area contributed by atoms with Gasteiger partial charge >= 0.3 is 0 Å². The lowest BCUT2D eigenvalue weighted by Gasteiger charge is -2.13. The maximum atomic E-state index is 13.1. The van der Waals surface area contributed by atoms with Crippen LogP contribution in [0.2, 0.25) is 0 Å². The third-order valence-electron chi connectivity index (χ3n) is 2.23. The number of aliphatic hydroxyl groups is 2. The summed E-state index contributed by atoms with van der Waals surface area (Å²) < 4.78 is 18.2. The van der Waals surface area contributed by atoms with Crippen LogP contribution in [0, 0.1) is 5.82 Å². The molecule has 0 heterocycles. The van der Waals surface area contributed by atoms with Crippen LogP contribution in [0.5, 0.6) is 5.75 Å². The maximum Gasteiger partial charge on any atom is 0.223 e. The van der Waals surface area contributed by atoms with E-state index < -0.39 is 11.9 Å². The summed E-state index contributed by atoms with van der Waals surface area (Å²) >= 11 is 0. The van der Waals surface area contributed by atoms with Crippen molar-refractivity contribution in [1.82, 2.24) is 5.32 Å². The van der Waals surface area contributed by atoms with Crippen molar-refractivity contribution in [3.63, 3.8) is 0 Å². The zero-order valence-corrected chi connectivity index (χ0v) is 9.80. The smallest absolute Gasteiger partial charge is 0.223 e. The van der Waals surface area contributed by atoms with Crippen LogP contribution in [-0.2, 0) is 4.79 Å². The average Bonchev–Trinajstić information content (AvgIpc) is 2.38. The van der Waals surface area contributed by atoms with E-state index in [1.54, 1.807) is 12.1 Å². The molecule has 0 aliphatic heterocycles. The van der Waals surface area contributed by atoms with Gasteiger partial charge in [-0.3, -0.25) is 4.79 Å². The zero-order chi connectivity index (χ0) is 13.4. The minimum atomic E-state index is -0.675. The standard InChI is InChI=1S/C12H16FNO4/c13-10-3-1-2-4-11(10)18-6-5-12(17)14-9(7-15)8-16/h1-4,9,15-16H,5-8H2,(H,14,17). The minimum Gasteiger partial charge on any atom is -0.490 e. The minimum absolute atomic E-state index is 0.0187. The van der Waals surface area contributed by atoms with Gasteiger partial charge in [-0.05, 0) is 12.1 Å². The van der Waals surface area contributed by atoms with E-state index in [1.807, 2.05) is 0 Å². The van der Waals surface area contributed by atoms with Crippen molar-refractivity contribution in [3.8, 4) is 5.75 Å². The second-order valence-corrected chi connectivity index (χ2v) is 3.66. The number of nitrogens with one attached hydrogen (secondary N) is 1. The van der Waals surface area contributed by atoms with E-state index in [9.17, 15) is 9.18 Å². The fourth-order valence-corrected chi connectivity index (χ4v) is 1.26. The third-order valence-corrected chi connectivity index (χ3v) is 2.23. The number of para-hydroxylation sites is 1. The largest absolute Gasteiger partial charge is 0.490 e. The Hall–Kier alpha value is -1.66. The molecule has 18 heavy (non-hydrogen) atoms. The first-order chi connectivity index (χ1) is 8.67. The number of hydrogen-bond donors (Lipinski definition) is 3. The van der Waals surface area contributed by atoms with E-state index in [4.69, 9.17) is 14.9 Å². The lowest BCUT2D eigenvalue weighted by atomic mass is 10.3. The van der Waals surface area contributed by atoms with Gasteiger partial charge in [0.1, 0.15) is 0 Å². The molecule has 6 heteroatoms. The molecule has 1 aromatic rings. The summed E-state index contributed by atoms with van der Waals surface area (Å²) in [5, 5.41) is 19.9. The van der Waals surface area contributed by atoms with Crippen LogP contribution < -0.4 is 10.1 Å². The molecular formula is C12H16FNO4. The molecule has 0 fully saturated rings. The van der Waals surface area contributed by atoms with Gasteiger partial charge in [0.2, 0.25) is 5.91 Å². The lowest BCUT2D eigenvalue weighted by molar-refractivity contribution is -0.122. The Labute approximate surface area is 104 Å². The van der Waals surface area contributed by atoms with E-state index in [0.717, 1.165) is 0 Å². The van der Waals surface area contributed by atoms with Gasteiger partial charge in [0.05, 0.1) is 32.3 Å². The molecule has 100 valence electrons. The van der Waals surface area contributed by atoms with Crippen molar-refractivity contribution in [2.75, 3.05) is 19.8 Å². The Kier molecular flexibility index (Phi) is 6.10. The van der Waals surface area contributed by atoms with E-state index in [2.05, 4.69) is 5.32 Å². The average molecular weight is 257 g/mol. The number of carbonyl (C=O) groups is 1. The fourth-order valence-electron chi connectivity index (χ4n) is 1.26. The molecule has 0 radical (unpaired) electrons. The summed E-state index contributed by atoms with van der Waals surface area (Å²) in [6.07, 6.45) is 0.0187. The fraction of sp³-hybridized carbons (Fsp3) is 0.417. The summed E-state index contributed by atoms with van der Waals surface area (Å²) in [6.45, 7) is -0.650. The van der Waals surface area contributed by atoms with Crippen LogP contribution >= 0.6 is 0 Å². The number of amides is 1. The monoisotopic (exact) mass is 257 g/mol. The van der Waals surface area contributed by atoms with Gasteiger partial charge in [-0.2, -0.15) is 0 Å². The van der Waals surface area contributed by atoms with Crippen LogP contribution in [0.1, 0.15) is 6.42 Å². The van der Waals surface area contributed by atoms with E-state index in [1.165, 1.54) is 12.1 Å². The van der Waals surface area contributed by atoms with Gasteiger partial charge in [-0.1, -0.05) is 12.1 Å². The van der Waals surface area contributed by atoms with Gasteiger partial charge in [0, 0.05) is 0 Å². The molecule has 0 aliphatic carbocycles. The molecule has 0 saturated carbocycles. The Morgan fingerprint density at radius 1 is 1.33 bits per heavy atom. The van der Waals surface area contributed by atoms with Crippen LogP contribution in [0.4, 0.5) is 4.39 Å². The zero-order valence-electron chi connectivity index (χ0n) is 9.80. The number of hydrogen-bond acceptors (Lipinski definition) is 4. The first kappa shape index (κ1) is 14.4. The number of carbonyl (C=O) groups excluding carboxylic acids is 1. The number of halogens is 1. The molecule has 1 rings (SSSR count). The van der Waals surface area contributed by atoms with Crippen molar-refractivity contribution in [2.24, 2.45) is 0 Å². The van der Waals surface area contributed by atoms with Crippen LogP contribution in [-0.4, -0.2) is 42.0 Å². The van der Waals surface area contributed by atoms with Gasteiger partial charge in [0.25, 0.3) is 0 Å². The summed E-state index contributed by atoms with van der Waals surface area (Å²) in [6, 6.07) is 5.24. The van der Waals surface area contributed by atoms with Crippen LogP contribution in [0.25, 0.3) is 0 Å². The SMILES string of the molecule is O=C(CCOc1ccccc1F)NC(CO)CO. The molecule has 0 atom stereocenters. The van der Waals surface area contributed by atoms with Gasteiger partial charge in [-0.15, -0.1) is 0 Å². The van der Waals surface area contributed by atoms with Crippen molar-refractivity contribution in [1.29, 1.82) is 0 Å². The maximum absolute atomic E-state index is 13.1. The molecule has 3 N–H and O–H groups in total. The van der Waals surface area contributed by atoms with Crippen molar-refractivity contribution < 1.29 is 24.1 Å². The molecule has 0 bridgehead atoms. The lowest BCUT2D eigenvalue weighted by Crippen LogP contribution is -2.40. The van der Waals surface area contributed by atoms with Crippen LogP contribution in [0.3, 0.4) is 0 Å². The molecule has 0 aromatic heterocycles.